The second kappa shape index (κ2) is 56.3. The minimum atomic E-state index is -2.14. The van der Waals surface area contributed by atoms with E-state index in [9.17, 15) is 139 Å². The van der Waals surface area contributed by atoms with E-state index in [-0.39, 0.29) is 0 Å². The van der Waals surface area contributed by atoms with Gasteiger partial charge in [-0.3, -0.25) is 57.5 Å². The summed E-state index contributed by atoms with van der Waals surface area (Å²) in [7, 11) is 0. The monoisotopic (exact) mass is 1840 g/mol. The molecule has 48 heteroatoms. The van der Waals surface area contributed by atoms with Gasteiger partial charge >= 0.3 is 71.6 Å². The first-order valence-electron chi connectivity index (χ1n) is 39.3. The molecular weight excluding hydrogens is 1700 g/mol. The maximum atomic E-state index is 14.1. The molecule has 20 N–H and O–H groups in total. The first-order chi connectivity index (χ1) is 58.7. The summed E-state index contributed by atoms with van der Waals surface area (Å²) < 4.78 is 88.7. The highest BCUT2D eigenvalue weighted by Crippen LogP contribution is 2.33. The summed E-state index contributed by atoms with van der Waals surface area (Å²) in [6.07, 6.45) is 0. The average molecular weight is 1840 g/mol. The molecule has 0 fully saturated rings. The van der Waals surface area contributed by atoms with Crippen molar-refractivity contribution in [1.82, 2.24) is 0 Å². The number of aliphatic hydroxyl groups excluding tert-OH is 20. The largest absolute Gasteiger partial charge is 0.464 e. The van der Waals surface area contributed by atoms with Crippen LogP contribution in [-0.2, 0) is 133 Å². The lowest BCUT2D eigenvalue weighted by molar-refractivity contribution is -0.182. The van der Waals surface area contributed by atoms with Gasteiger partial charge in [-0.25, -0.2) is 0 Å². The van der Waals surface area contributed by atoms with Gasteiger partial charge in [-0.15, -0.1) is 0 Å². The molecule has 0 saturated carbocycles. The fourth-order valence-corrected chi connectivity index (χ4v) is 8.44. The van der Waals surface area contributed by atoms with Crippen LogP contribution in [0.4, 0.5) is 0 Å². The summed E-state index contributed by atoms with van der Waals surface area (Å²) in [5.41, 5.74) is -26.7. The molecule has 126 heavy (non-hydrogen) atoms. The molecule has 0 aliphatic heterocycles. The molecule has 0 spiro atoms. The summed E-state index contributed by atoms with van der Waals surface area (Å²) in [5, 5.41) is 192. The maximum absolute atomic E-state index is 14.1. The van der Waals surface area contributed by atoms with Crippen LogP contribution in [0.1, 0.15) is 83.1 Å². The third kappa shape index (κ3) is 35.9. The van der Waals surface area contributed by atoms with E-state index in [1.165, 1.54) is 0 Å². The average Bonchev–Trinajstić information content (AvgIpc) is 0.832. The molecule has 0 aromatic rings. The zero-order chi connectivity index (χ0) is 97.5. The fourth-order valence-electron chi connectivity index (χ4n) is 8.44. The van der Waals surface area contributed by atoms with E-state index in [1.807, 2.05) is 0 Å². The van der Waals surface area contributed by atoms with E-state index in [0.717, 1.165) is 83.1 Å². The van der Waals surface area contributed by atoms with Gasteiger partial charge in [0.25, 0.3) is 0 Å². The Morgan fingerprint density at radius 2 is 0.254 bits per heavy atom. The van der Waals surface area contributed by atoms with Crippen molar-refractivity contribution in [3.8, 4) is 0 Å². The third-order valence-corrected chi connectivity index (χ3v) is 20.5. The second-order valence-corrected chi connectivity index (χ2v) is 34.3. The molecule has 0 atom stereocenters. The van der Waals surface area contributed by atoms with Crippen LogP contribution in [0.15, 0.2) is 0 Å². The van der Waals surface area contributed by atoms with Crippen LogP contribution in [0, 0.1) is 75.8 Å². The summed E-state index contributed by atoms with van der Waals surface area (Å²) in [5.74, 6) is -14.8. The van der Waals surface area contributed by atoms with Crippen LogP contribution in [-0.4, -0.2) is 438 Å². The van der Waals surface area contributed by atoms with Crippen molar-refractivity contribution < 1.29 is 235 Å². The first-order valence-corrected chi connectivity index (χ1v) is 39.3. The van der Waals surface area contributed by atoms with Gasteiger partial charge in [-0.05, 0) is 83.1 Å². The SMILES string of the molecule is CC(CO)(CO)C(=O)OCC(C)(COC(=O)C(C)(CO)CO)C(=O)OCCOCC(COCCOC(=O)C(C)(COC(=O)C(C)(CO)CO)COC(=O)C(C)(CO)CO)(COCCOC(=O)C(C)(COC(=O)C(C)(CO)CO)COC(=O)C(C)(CO)CO)COCCOC(=O)C(C)(COC(=O)C(C)(CO)CO)COC(=O)C(C)(CO)CO.OCC(CO)(CO)CO. The van der Waals surface area contributed by atoms with E-state index in [4.69, 9.17) is 96.2 Å². The molecule has 0 rings (SSSR count). The van der Waals surface area contributed by atoms with Gasteiger partial charge in [-0.2, -0.15) is 0 Å². The number of rotatable bonds is 68. The molecule has 0 radical (unpaired) electrons. The van der Waals surface area contributed by atoms with E-state index >= 15 is 0 Å². The zero-order valence-electron chi connectivity index (χ0n) is 73.7. The lowest BCUT2D eigenvalue weighted by Crippen LogP contribution is -2.46. The third-order valence-electron chi connectivity index (χ3n) is 20.5. The summed E-state index contributed by atoms with van der Waals surface area (Å²) in [6.45, 7) is -18.7. The van der Waals surface area contributed by atoms with Crippen LogP contribution in [0.3, 0.4) is 0 Å². The molecule has 0 aromatic carbocycles. The Hall–Kier alpha value is -7.32. The molecule has 0 aliphatic rings. The predicted octanol–water partition coefficient (Wildman–Crippen LogP) is -9.55. The normalized spacial score (nSPS) is 13.0. The fraction of sp³-hybridized carbons (Fsp3) is 0.846. The van der Waals surface area contributed by atoms with Crippen molar-refractivity contribution in [3.05, 3.63) is 0 Å². The Bertz CT molecular complexity index is 2730. The Kier molecular flexibility index (Phi) is 53.9. The molecule has 0 bridgehead atoms. The maximum Gasteiger partial charge on any atom is 0.318 e. The van der Waals surface area contributed by atoms with Crippen LogP contribution in [0.25, 0.3) is 0 Å². The van der Waals surface area contributed by atoms with Gasteiger partial charge in [-0.1, -0.05) is 0 Å². The van der Waals surface area contributed by atoms with Crippen molar-refractivity contribution in [2.75, 3.05) is 264 Å². The zero-order valence-corrected chi connectivity index (χ0v) is 73.7. The summed E-state index contributed by atoms with van der Waals surface area (Å²) in [6, 6.07) is 0. The molecular formula is C78H136O48. The molecule has 0 aliphatic carbocycles. The minimum Gasteiger partial charge on any atom is -0.464 e. The van der Waals surface area contributed by atoms with Gasteiger partial charge in [0.1, 0.15) is 144 Å². The van der Waals surface area contributed by atoms with E-state index in [2.05, 4.69) is 0 Å². The number of hydrogen-bond acceptors (Lipinski definition) is 48. The molecule has 0 heterocycles. The highest BCUT2D eigenvalue weighted by molar-refractivity contribution is 5.84. The topological polar surface area (TPSA) is 757 Å². The molecule has 0 amide bonds. The van der Waals surface area contributed by atoms with Gasteiger partial charge < -0.3 is 178 Å². The first kappa shape index (κ1) is 121. The second-order valence-electron chi connectivity index (χ2n) is 34.3. The van der Waals surface area contributed by atoms with Gasteiger partial charge in [0, 0.05) is 0 Å². The van der Waals surface area contributed by atoms with Crippen LogP contribution in [0.2, 0.25) is 0 Å². The number of carbonyl (C=O) groups excluding carboxylic acids is 12. The Morgan fingerprint density at radius 3 is 0.349 bits per heavy atom. The van der Waals surface area contributed by atoms with Crippen LogP contribution < -0.4 is 0 Å². The van der Waals surface area contributed by atoms with E-state index in [0.29, 0.717) is 0 Å². The van der Waals surface area contributed by atoms with Gasteiger partial charge in [0.05, 0.1) is 196 Å². The lowest BCUT2D eigenvalue weighted by atomic mass is 9.90. The van der Waals surface area contributed by atoms with Gasteiger partial charge in [0.2, 0.25) is 0 Å². The lowest BCUT2D eigenvalue weighted by Gasteiger charge is -2.33. The Morgan fingerprint density at radius 1 is 0.143 bits per heavy atom. The van der Waals surface area contributed by atoms with Crippen LogP contribution >= 0.6 is 0 Å². The molecule has 48 nitrogen and oxygen atoms in total. The Balaban J connectivity index is 0. The van der Waals surface area contributed by atoms with Gasteiger partial charge in [0.15, 0.2) is 0 Å². The minimum absolute atomic E-state index is 0.406. The van der Waals surface area contributed by atoms with Crippen LogP contribution in [0.5, 0.6) is 0 Å². The van der Waals surface area contributed by atoms with E-state index in [1.54, 1.807) is 0 Å². The number of carbonyl (C=O) groups is 12. The highest BCUT2D eigenvalue weighted by Gasteiger charge is 2.50. The molecule has 736 valence electrons. The van der Waals surface area contributed by atoms with E-state index < -0.39 is 412 Å². The number of hydrogen-bond donors (Lipinski definition) is 20. The predicted molar refractivity (Wildman–Crippen MR) is 419 cm³/mol. The number of esters is 12. The molecule has 0 aromatic heterocycles. The van der Waals surface area contributed by atoms with Crippen molar-refractivity contribution >= 4 is 71.6 Å². The number of aliphatic hydroxyl groups is 20. The van der Waals surface area contributed by atoms with Crippen molar-refractivity contribution in [1.29, 1.82) is 0 Å². The molecule has 0 saturated heterocycles. The smallest absolute Gasteiger partial charge is 0.318 e. The summed E-state index contributed by atoms with van der Waals surface area (Å²) >= 11 is 0. The van der Waals surface area contributed by atoms with Crippen molar-refractivity contribution in [2.45, 2.75) is 83.1 Å². The van der Waals surface area contributed by atoms with Crippen molar-refractivity contribution in [2.24, 2.45) is 75.8 Å². The standard InChI is InChI=1S/C73H124O44.C5H12O4/c1-61(21-74,22-75)49(90)110-37-69(9,38-111-50(91)62(2,23-76)24-77)57(98)106-17-13-102-45-73(46-103-14-18-107-58(99)70(10,39-112-51(92)63(3,25-78)26-79)40-113-52(93)64(4,27-80)28-81,47-104-15-19-108-59(100)71(11,41-114-53(94)65(5,29-82)30-83)42-115-54(95)66(6,31-84)32-85)48-105-16-20-109-60(101)72(12,43-116-55(96)67(7,33-86)34-87)44-117-56(97)68(8,35-88)36-89;6-1-5(2-7,3-8)4-9/h74-89H,13-48H2,1-12H3;6-9H,1-4H2. The highest BCUT2D eigenvalue weighted by atomic mass is 16.6. The summed E-state index contributed by atoms with van der Waals surface area (Å²) in [4.78, 5) is 161. The van der Waals surface area contributed by atoms with Crippen molar-refractivity contribution in [3.63, 3.8) is 0 Å². The quantitative estimate of drug-likeness (QED) is 0.0153. The number of ether oxygens (including phenoxy) is 16. The molecule has 0 unspecified atom stereocenters. The Labute approximate surface area is 727 Å².